The first-order chi connectivity index (χ1) is 34.6. The summed E-state index contributed by atoms with van der Waals surface area (Å²) in [5.41, 5.74) is 4.20. The highest BCUT2D eigenvalue weighted by atomic mass is 32.2. The number of ether oxygens (including phenoxy) is 1. The maximum absolute atomic E-state index is 12.2. The van der Waals surface area contributed by atoms with Crippen molar-refractivity contribution in [2.75, 3.05) is 108 Å². The Morgan fingerprint density at radius 1 is 0.720 bits per heavy atom. The maximum Gasteiger partial charge on any atom is 0.318 e. The summed E-state index contributed by atoms with van der Waals surface area (Å²) in [4.78, 5) is 57.5. The quantitative estimate of drug-likeness (QED) is 0.0627. The molecule has 0 saturated carbocycles. The van der Waals surface area contributed by atoms with Crippen LogP contribution in [0, 0.1) is 37.8 Å². The molecule has 21 heteroatoms. The molecule has 0 bridgehead atoms. The lowest BCUT2D eigenvalue weighted by atomic mass is 9.96. The van der Waals surface area contributed by atoms with Crippen LogP contribution in [0.1, 0.15) is 106 Å². The Kier molecular flexibility index (Phi) is 22.7. The van der Waals surface area contributed by atoms with Crippen molar-refractivity contribution in [2.24, 2.45) is 10.8 Å². The van der Waals surface area contributed by atoms with Gasteiger partial charge in [-0.05, 0) is 99.8 Å². The zero-order valence-corrected chi connectivity index (χ0v) is 46.9. The molecule has 2 aliphatic rings. The summed E-state index contributed by atoms with van der Waals surface area (Å²) >= 11 is 0. The summed E-state index contributed by atoms with van der Waals surface area (Å²) in [6.07, 6.45) is 4.73. The van der Waals surface area contributed by atoms with Gasteiger partial charge < -0.3 is 50.7 Å². The van der Waals surface area contributed by atoms with Gasteiger partial charge in [0.25, 0.3) is 23.2 Å². The van der Waals surface area contributed by atoms with Crippen LogP contribution in [0.15, 0.2) is 41.6 Å². The van der Waals surface area contributed by atoms with Crippen LogP contribution < -0.4 is 35.8 Å². The second-order valence-electron chi connectivity index (χ2n) is 21.5. The standard InChI is InChI=1S/C26H37N7O2.C21H28N6O3S.C6H13NO.CH4/c1-17-9-10-18(24(34)28-6)15-20(17)29-22-21(27-5)23(33(8)16-26(2,3)4)31-25(30-22)35-19-11-13-32(7)14-12-19;1-13-9-10-14(19(28)23-6)11-15(13)24-17-16(22-5)18(27(7)12-21(2,3)4)26-20(25-17)31(8,29)30;1-7-4-2-6(8)3-5-7;/h9-10,15,19H,11-14,16H2,1-4,6-8H3,(H,28,34)(H,29,30,31);9-11H,12H2,1-4,6-8H3,(H,23,28)(H,24,25,26);6,8H,2-5H2,1H3;1H4. The third-order valence-corrected chi connectivity index (χ3v) is 12.8. The molecule has 410 valence electrons. The molecular formula is C54H82N14O6S. The van der Waals surface area contributed by atoms with E-state index in [2.05, 4.69) is 95.6 Å². The van der Waals surface area contributed by atoms with E-state index in [0.29, 0.717) is 52.9 Å². The molecule has 75 heavy (non-hydrogen) atoms. The average molecular weight is 1060 g/mol. The predicted molar refractivity (Wildman–Crippen MR) is 301 cm³/mol. The normalized spacial score (nSPS) is 14.5. The number of aliphatic hydroxyl groups excluding tert-OH is 1. The lowest BCUT2D eigenvalue weighted by Gasteiger charge is -2.30. The maximum atomic E-state index is 12.2. The number of rotatable bonds is 13. The highest BCUT2D eigenvalue weighted by Crippen LogP contribution is 2.40. The van der Waals surface area contributed by atoms with Gasteiger partial charge in [-0.3, -0.25) is 9.59 Å². The number of anilines is 6. The van der Waals surface area contributed by atoms with Crippen molar-refractivity contribution in [2.45, 2.75) is 106 Å². The number of likely N-dealkylation sites (tertiary alicyclic amines) is 2. The molecule has 0 unspecified atom stereocenters. The smallest absolute Gasteiger partial charge is 0.318 e. The van der Waals surface area contributed by atoms with Crippen molar-refractivity contribution >= 4 is 67.7 Å². The van der Waals surface area contributed by atoms with Crippen LogP contribution in [-0.4, -0.2) is 155 Å². The number of hydrogen-bond donors (Lipinski definition) is 5. The number of carbonyl (C=O) groups is 2. The van der Waals surface area contributed by atoms with Crippen LogP contribution in [0.2, 0.25) is 0 Å². The summed E-state index contributed by atoms with van der Waals surface area (Å²) in [7, 11) is 7.29. The third-order valence-electron chi connectivity index (χ3n) is 12.0. The molecule has 0 radical (unpaired) electrons. The molecule has 0 aliphatic carbocycles. The molecule has 2 aromatic heterocycles. The van der Waals surface area contributed by atoms with Gasteiger partial charge in [0.05, 0.1) is 19.2 Å². The zero-order chi connectivity index (χ0) is 55.3. The van der Waals surface area contributed by atoms with Gasteiger partial charge in [-0.25, -0.2) is 28.1 Å². The van der Waals surface area contributed by atoms with Crippen LogP contribution in [-0.2, 0) is 9.84 Å². The van der Waals surface area contributed by atoms with Gasteiger partial charge >= 0.3 is 6.01 Å². The molecule has 5 N–H and O–H groups in total. The Labute approximate surface area is 446 Å². The van der Waals surface area contributed by atoms with Gasteiger partial charge in [-0.1, -0.05) is 61.1 Å². The first-order valence-electron chi connectivity index (χ1n) is 24.7. The largest absolute Gasteiger partial charge is 0.460 e. The highest BCUT2D eigenvalue weighted by molar-refractivity contribution is 7.90. The number of hydrogen-bond acceptors (Lipinski definition) is 16. The van der Waals surface area contributed by atoms with E-state index < -0.39 is 9.84 Å². The van der Waals surface area contributed by atoms with Gasteiger partial charge in [0.1, 0.15) is 29.4 Å². The molecule has 2 aliphatic heterocycles. The molecule has 4 aromatic rings. The minimum Gasteiger partial charge on any atom is -0.460 e. The number of nitrogens with one attached hydrogen (secondary N) is 4. The van der Waals surface area contributed by atoms with E-state index in [0.717, 1.165) is 69.2 Å². The molecule has 0 spiro atoms. The molecule has 2 amide bonds. The Bertz CT molecular complexity index is 2770. The monoisotopic (exact) mass is 1050 g/mol. The average Bonchev–Trinajstić information content (AvgIpc) is 3.32. The first kappa shape index (κ1) is 62.6. The second kappa shape index (κ2) is 27.2. The third kappa shape index (κ3) is 18.9. The number of carbonyl (C=O) groups excluding carboxylic acids is 2. The van der Waals surface area contributed by atoms with Gasteiger partial charge in [0.2, 0.25) is 15.0 Å². The molecule has 2 saturated heterocycles. The summed E-state index contributed by atoms with van der Waals surface area (Å²) in [6.45, 7) is 37.2. The summed E-state index contributed by atoms with van der Waals surface area (Å²) in [5, 5.41) is 20.2. The fourth-order valence-corrected chi connectivity index (χ4v) is 8.65. The lowest BCUT2D eigenvalue weighted by molar-refractivity contribution is 0.0941. The number of piperidine rings is 2. The van der Waals surface area contributed by atoms with E-state index in [-0.39, 0.29) is 70.8 Å². The molecule has 20 nitrogen and oxygen atoms in total. The molecule has 2 fully saturated rings. The fraction of sp³-hybridized carbons (Fsp3) is 0.556. The highest BCUT2D eigenvalue weighted by Gasteiger charge is 2.28. The second-order valence-corrected chi connectivity index (χ2v) is 23.4. The van der Waals surface area contributed by atoms with Crippen LogP contribution >= 0.6 is 0 Å². The Morgan fingerprint density at radius 3 is 1.49 bits per heavy atom. The minimum absolute atomic E-state index is 0. The number of aryl methyl sites for hydroxylation is 2. The van der Waals surface area contributed by atoms with Gasteiger partial charge in [-0.15, -0.1) is 0 Å². The molecule has 6 rings (SSSR count). The fourth-order valence-electron chi connectivity index (χ4n) is 8.14. The van der Waals surface area contributed by atoms with Crippen molar-refractivity contribution in [1.82, 2.24) is 40.4 Å². The summed E-state index contributed by atoms with van der Waals surface area (Å²) in [6, 6.07) is 10.7. The Hall–Kier alpha value is -6.65. The number of aromatic nitrogens is 4. The van der Waals surface area contributed by atoms with E-state index in [1.165, 1.54) is 7.05 Å². The number of aliphatic hydroxyl groups is 1. The van der Waals surface area contributed by atoms with E-state index in [1.807, 2.05) is 52.6 Å². The summed E-state index contributed by atoms with van der Waals surface area (Å²) in [5.74, 6) is 0.735. The van der Waals surface area contributed by atoms with Crippen molar-refractivity contribution in [3.05, 3.63) is 81.5 Å². The molecule has 2 aromatic carbocycles. The van der Waals surface area contributed by atoms with Crippen molar-refractivity contribution < 1.29 is 27.9 Å². The number of nitrogens with zero attached hydrogens (tertiary/aromatic N) is 10. The van der Waals surface area contributed by atoms with Crippen molar-refractivity contribution in [3.63, 3.8) is 0 Å². The number of amides is 2. The van der Waals surface area contributed by atoms with E-state index >= 15 is 0 Å². The minimum atomic E-state index is -3.73. The van der Waals surface area contributed by atoms with Gasteiger partial charge in [-0.2, -0.15) is 9.97 Å². The van der Waals surface area contributed by atoms with E-state index in [4.69, 9.17) is 23.0 Å². The molecule has 0 atom stereocenters. The number of benzene rings is 2. The first-order valence-corrected chi connectivity index (χ1v) is 26.6. The SMILES string of the molecule is C.CN1CCC(O)CC1.[C-]#[N+]c1c(Nc2cc(C(=O)NC)ccc2C)nc(OC2CCN(C)CC2)nc1N(C)CC(C)(C)C.[C-]#[N+]c1c(Nc2cc(C(=O)NC)ccc2C)nc(S(C)(=O)=O)nc1N(C)CC(C)(C)C. The van der Waals surface area contributed by atoms with E-state index in [9.17, 15) is 18.0 Å². The summed E-state index contributed by atoms with van der Waals surface area (Å²) < 4.78 is 30.7. The van der Waals surface area contributed by atoms with Crippen LogP contribution in [0.5, 0.6) is 6.01 Å². The van der Waals surface area contributed by atoms with Gasteiger partial charge in [0.15, 0.2) is 0 Å². The lowest BCUT2D eigenvalue weighted by Crippen LogP contribution is -2.36. The van der Waals surface area contributed by atoms with Gasteiger partial charge in [0, 0.05) is 96.2 Å². The van der Waals surface area contributed by atoms with Crippen molar-refractivity contribution in [3.8, 4) is 6.01 Å². The van der Waals surface area contributed by atoms with Crippen molar-refractivity contribution in [1.29, 1.82) is 0 Å². The predicted octanol–water partition coefficient (Wildman–Crippen LogP) is 8.43. The Balaban J connectivity index is 0.000000341. The van der Waals surface area contributed by atoms with Crippen LogP contribution in [0.3, 0.4) is 0 Å². The Morgan fingerprint density at radius 2 is 1.12 bits per heavy atom. The topological polar surface area (TPSA) is 219 Å². The number of sulfone groups is 1. The molecular weight excluding hydrogens is 973 g/mol. The molecule has 4 heterocycles. The van der Waals surface area contributed by atoms with E-state index in [1.54, 1.807) is 49.3 Å². The zero-order valence-electron chi connectivity index (χ0n) is 46.1. The van der Waals surface area contributed by atoms with Crippen LogP contribution in [0.4, 0.5) is 46.0 Å². The van der Waals surface area contributed by atoms with Crippen LogP contribution in [0.25, 0.3) is 9.69 Å².